The molecule has 122 valence electrons. The molecule has 0 aliphatic carbocycles. The zero-order valence-electron chi connectivity index (χ0n) is 12.8. The molecule has 0 aliphatic rings. The molecule has 1 rings (SSSR count). The van der Waals surface area contributed by atoms with Crippen molar-refractivity contribution in [2.45, 2.75) is 32.7 Å². The molecule has 0 aromatic carbocycles. The normalized spacial score (nSPS) is 11.7. The number of sulfonamides is 1. The lowest BCUT2D eigenvalue weighted by molar-refractivity contribution is 0.183. The lowest BCUT2D eigenvalue weighted by Crippen LogP contribution is -2.19. The average molecular weight is 318 g/mol. The Bertz CT molecular complexity index is 487. The Morgan fingerprint density at radius 3 is 2.86 bits per heavy atom. The molecule has 2 N–H and O–H groups in total. The maximum Gasteiger partial charge on any atom is 0.232 e. The molecule has 0 unspecified atom stereocenters. The topological polar surface area (TPSA) is 85.3 Å². The zero-order chi connectivity index (χ0) is 15.6. The first-order valence-corrected chi connectivity index (χ1v) is 8.95. The van der Waals surface area contributed by atoms with E-state index >= 15 is 0 Å². The molecule has 8 heteroatoms. The first-order chi connectivity index (χ1) is 10.1. The van der Waals surface area contributed by atoms with Crippen molar-refractivity contribution < 1.29 is 13.2 Å². The van der Waals surface area contributed by atoms with E-state index in [1.807, 2.05) is 0 Å². The van der Waals surface area contributed by atoms with E-state index in [4.69, 9.17) is 4.74 Å². The lowest BCUT2D eigenvalue weighted by Gasteiger charge is -2.06. The number of anilines is 1. The van der Waals surface area contributed by atoms with Crippen LogP contribution in [0.15, 0.2) is 12.4 Å². The second kappa shape index (κ2) is 9.75. The van der Waals surface area contributed by atoms with Crippen LogP contribution in [0.2, 0.25) is 0 Å². The Morgan fingerprint density at radius 2 is 2.14 bits per heavy atom. The third kappa shape index (κ3) is 8.03. The first-order valence-electron chi connectivity index (χ1n) is 7.30. The van der Waals surface area contributed by atoms with Crippen molar-refractivity contribution in [1.29, 1.82) is 0 Å². The van der Waals surface area contributed by atoms with Crippen LogP contribution in [-0.4, -0.2) is 50.8 Å². The van der Waals surface area contributed by atoms with E-state index < -0.39 is 10.0 Å². The van der Waals surface area contributed by atoms with Gasteiger partial charge in [-0.25, -0.2) is 8.42 Å². The van der Waals surface area contributed by atoms with Gasteiger partial charge in [0.05, 0.1) is 30.8 Å². The van der Waals surface area contributed by atoms with E-state index in [1.165, 1.54) is 6.20 Å². The molecule has 21 heavy (non-hydrogen) atoms. The largest absolute Gasteiger partial charge is 0.383 e. The molecule has 0 saturated heterocycles. The molecule has 0 fully saturated rings. The Balaban J connectivity index is 2.29. The minimum absolute atomic E-state index is 0.129. The summed E-state index contributed by atoms with van der Waals surface area (Å²) in [7, 11) is -1.68. The van der Waals surface area contributed by atoms with Crippen LogP contribution in [0.25, 0.3) is 0 Å². The summed E-state index contributed by atoms with van der Waals surface area (Å²) in [4.78, 5) is 0. The average Bonchev–Trinajstić information content (AvgIpc) is 2.87. The van der Waals surface area contributed by atoms with E-state index in [1.54, 1.807) is 18.0 Å². The van der Waals surface area contributed by atoms with Gasteiger partial charge in [-0.05, 0) is 32.4 Å². The van der Waals surface area contributed by atoms with Crippen molar-refractivity contribution in [3.8, 4) is 0 Å². The van der Waals surface area contributed by atoms with E-state index in [9.17, 15) is 8.42 Å². The molecule has 0 bridgehead atoms. The van der Waals surface area contributed by atoms with Gasteiger partial charge in [-0.3, -0.25) is 9.40 Å². The van der Waals surface area contributed by atoms with Gasteiger partial charge in [-0.1, -0.05) is 6.92 Å². The van der Waals surface area contributed by atoms with E-state index in [0.717, 1.165) is 25.9 Å². The molecule has 7 nitrogen and oxygen atoms in total. The van der Waals surface area contributed by atoms with Gasteiger partial charge in [0.25, 0.3) is 0 Å². The summed E-state index contributed by atoms with van der Waals surface area (Å²) < 4.78 is 33.0. The SMILES string of the molecule is CCCNCCCCS(=O)(=O)Nc1cnn(CCOC)c1. The maximum absolute atomic E-state index is 11.9. The summed E-state index contributed by atoms with van der Waals surface area (Å²) in [6.07, 6.45) is 5.76. The highest BCUT2D eigenvalue weighted by molar-refractivity contribution is 7.92. The second-order valence-corrected chi connectivity index (χ2v) is 6.70. The van der Waals surface area contributed by atoms with Gasteiger partial charge in [-0.15, -0.1) is 0 Å². The van der Waals surface area contributed by atoms with Crippen LogP contribution in [0.3, 0.4) is 0 Å². The highest BCUT2D eigenvalue weighted by atomic mass is 32.2. The highest BCUT2D eigenvalue weighted by Crippen LogP contribution is 2.08. The fraction of sp³-hybridized carbons (Fsp3) is 0.769. The number of unbranched alkanes of at least 4 members (excludes halogenated alkanes) is 1. The van der Waals surface area contributed by atoms with Crippen LogP contribution >= 0.6 is 0 Å². The van der Waals surface area contributed by atoms with Gasteiger partial charge < -0.3 is 10.1 Å². The number of ether oxygens (including phenoxy) is 1. The van der Waals surface area contributed by atoms with E-state index in [0.29, 0.717) is 25.3 Å². The number of hydrogen-bond acceptors (Lipinski definition) is 5. The molecule has 0 radical (unpaired) electrons. The zero-order valence-corrected chi connectivity index (χ0v) is 13.7. The third-order valence-corrected chi connectivity index (χ3v) is 4.25. The molecule has 1 heterocycles. The molecule has 1 aromatic rings. The lowest BCUT2D eigenvalue weighted by atomic mass is 10.3. The van der Waals surface area contributed by atoms with Crippen LogP contribution in [0, 0.1) is 0 Å². The molecule has 0 amide bonds. The molecule has 0 atom stereocenters. The van der Waals surface area contributed by atoms with Crippen molar-refractivity contribution in [3.63, 3.8) is 0 Å². The van der Waals surface area contributed by atoms with Crippen LogP contribution in [0.5, 0.6) is 0 Å². The predicted octanol–water partition coefficient (Wildman–Crippen LogP) is 1.05. The summed E-state index contributed by atoms with van der Waals surface area (Å²) in [6, 6.07) is 0. The molecule has 0 aliphatic heterocycles. The number of methoxy groups -OCH3 is 1. The Hall–Kier alpha value is -1.12. The molecular formula is C13H26N4O3S. The van der Waals surface area contributed by atoms with E-state index in [2.05, 4.69) is 22.1 Å². The van der Waals surface area contributed by atoms with E-state index in [-0.39, 0.29) is 5.75 Å². The van der Waals surface area contributed by atoms with Crippen LogP contribution in [0.1, 0.15) is 26.2 Å². The fourth-order valence-electron chi connectivity index (χ4n) is 1.80. The Morgan fingerprint density at radius 1 is 1.33 bits per heavy atom. The van der Waals surface area contributed by atoms with Crippen molar-refractivity contribution in [3.05, 3.63) is 12.4 Å². The smallest absolute Gasteiger partial charge is 0.232 e. The summed E-state index contributed by atoms with van der Waals surface area (Å²) in [6.45, 7) is 5.08. The quantitative estimate of drug-likeness (QED) is 0.563. The fourth-order valence-corrected chi connectivity index (χ4v) is 2.95. The molecule has 0 saturated carbocycles. The van der Waals surface area contributed by atoms with Crippen molar-refractivity contribution in [1.82, 2.24) is 15.1 Å². The maximum atomic E-state index is 11.9. The second-order valence-electron chi connectivity index (χ2n) is 4.86. The summed E-state index contributed by atoms with van der Waals surface area (Å²) in [5.74, 6) is 0.129. The van der Waals surface area contributed by atoms with Crippen LogP contribution in [0.4, 0.5) is 5.69 Å². The molecule has 0 spiro atoms. The van der Waals surface area contributed by atoms with Gasteiger partial charge in [0, 0.05) is 13.3 Å². The molecule has 1 aromatic heterocycles. The standard InChI is InChI=1S/C13H26N4O3S/c1-3-6-14-7-4-5-10-21(18,19)16-13-11-15-17(12-13)8-9-20-2/h11-12,14,16H,3-10H2,1-2H3. The van der Waals surface area contributed by atoms with Gasteiger partial charge >= 0.3 is 0 Å². The number of aromatic nitrogens is 2. The Labute approximate surface area is 127 Å². The number of nitrogens with one attached hydrogen (secondary N) is 2. The van der Waals surface area contributed by atoms with Gasteiger partial charge in [0.15, 0.2) is 0 Å². The number of rotatable bonds is 12. The van der Waals surface area contributed by atoms with Gasteiger partial charge in [0.2, 0.25) is 10.0 Å². The third-order valence-electron chi connectivity index (χ3n) is 2.87. The van der Waals surface area contributed by atoms with Crippen molar-refractivity contribution >= 4 is 15.7 Å². The summed E-state index contributed by atoms with van der Waals surface area (Å²) in [5.41, 5.74) is 0.496. The van der Waals surface area contributed by atoms with Gasteiger partial charge in [-0.2, -0.15) is 5.10 Å². The van der Waals surface area contributed by atoms with Crippen LogP contribution in [-0.2, 0) is 21.3 Å². The number of hydrogen-bond donors (Lipinski definition) is 2. The number of nitrogens with zero attached hydrogens (tertiary/aromatic N) is 2. The van der Waals surface area contributed by atoms with Gasteiger partial charge in [0.1, 0.15) is 0 Å². The minimum Gasteiger partial charge on any atom is -0.383 e. The summed E-state index contributed by atoms with van der Waals surface area (Å²) in [5, 5.41) is 7.32. The first kappa shape index (κ1) is 17.9. The van der Waals surface area contributed by atoms with Crippen molar-refractivity contribution in [2.24, 2.45) is 0 Å². The van der Waals surface area contributed by atoms with Crippen LogP contribution < -0.4 is 10.0 Å². The predicted molar refractivity (Wildman–Crippen MR) is 83.9 cm³/mol. The Kier molecular flexibility index (Phi) is 8.33. The molecular weight excluding hydrogens is 292 g/mol. The summed E-state index contributed by atoms with van der Waals surface area (Å²) >= 11 is 0. The minimum atomic E-state index is -3.30. The van der Waals surface area contributed by atoms with Crippen molar-refractivity contribution in [2.75, 3.05) is 37.3 Å². The highest BCUT2D eigenvalue weighted by Gasteiger charge is 2.11. The monoisotopic (exact) mass is 318 g/mol.